The number of allylic oxidation sites excluding steroid dienone is 1. The van der Waals surface area contributed by atoms with Crippen molar-refractivity contribution in [2.24, 2.45) is 46.3 Å². The largest absolute Gasteiger partial charge is 0.390 e. The third-order valence-corrected chi connectivity index (χ3v) is 12.1. The molecular formula is C30H48O2. The minimum atomic E-state index is -0.463. The second-order valence-electron chi connectivity index (χ2n) is 13.4. The summed E-state index contributed by atoms with van der Waals surface area (Å²) in [5, 5.41) is 11.0. The number of ketones is 1. The van der Waals surface area contributed by atoms with Crippen LogP contribution in [0.15, 0.2) is 11.6 Å². The number of aliphatic hydroxyl groups is 1. The molecule has 0 bridgehead atoms. The Morgan fingerprint density at radius 1 is 1.06 bits per heavy atom. The third-order valence-electron chi connectivity index (χ3n) is 12.1. The summed E-state index contributed by atoms with van der Waals surface area (Å²) in [4.78, 5) is 13.3. The van der Waals surface area contributed by atoms with Crippen molar-refractivity contribution in [1.29, 1.82) is 0 Å². The lowest BCUT2D eigenvalue weighted by molar-refractivity contribution is -0.128. The van der Waals surface area contributed by atoms with Crippen LogP contribution in [-0.2, 0) is 4.79 Å². The summed E-state index contributed by atoms with van der Waals surface area (Å²) >= 11 is 0. The van der Waals surface area contributed by atoms with Crippen molar-refractivity contribution in [3.8, 4) is 0 Å². The van der Waals surface area contributed by atoms with E-state index in [-0.39, 0.29) is 5.92 Å². The summed E-state index contributed by atoms with van der Waals surface area (Å²) in [5.74, 6) is 4.46. The first kappa shape index (κ1) is 23.1. The monoisotopic (exact) mass is 440 g/mol. The minimum Gasteiger partial charge on any atom is -0.390 e. The molecule has 2 heteroatoms. The van der Waals surface area contributed by atoms with Crippen LogP contribution in [0.1, 0.15) is 118 Å². The highest BCUT2D eigenvalue weighted by Crippen LogP contribution is 2.67. The fourth-order valence-electron chi connectivity index (χ4n) is 9.79. The molecule has 0 radical (unpaired) electrons. The molecule has 32 heavy (non-hydrogen) atoms. The summed E-state index contributed by atoms with van der Waals surface area (Å²) in [6.07, 6.45) is 19.0. The van der Waals surface area contributed by atoms with Crippen molar-refractivity contribution >= 4 is 5.78 Å². The molecule has 0 heterocycles. The molecule has 4 saturated carbocycles. The van der Waals surface area contributed by atoms with Gasteiger partial charge in [-0.15, -0.1) is 0 Å². The van der Waals surface area contributed by atoms with Crippen LogP contribution in [0.4, 0.5) is 0 Å². The molecule has 0 saturated heterocycles. The number of fused-ring (bicyclic) bond motifs is 5. The highest BCUT2D eigenvalue weighted by atomic mass is 16.3. The molecule has 8 atom stereocenters. The van der Waals surface area contributed by atoms with E-state index in [9.17, 15) is 9.90 Å². The highest BCUT2D eigenvalue weighted by molar-refractivity contribution is 5.81. The van der Waals surface area contributed by atoms with Gasteiger partial charge in [-0.3, -0.25) is 4.79 Å². The van der Waals surface area contributed by atoms with Crippen LogP contribution in [0.5, 0.6) is 0 Å². The van der Waals surface area contributed by atoms with Crippen LogP contribution in [-0.4, -0.2) is 16.5 Å². The topological polar surface area (TPSA) is 37.3 Å². The fraction of sp³-hybridized carbons (Fsp3) is 0.900. The molecule has 1 N–H and O–H groups in total. The van der Waals surface area contributed by atoms with Crippen LogP contribution in [0, 0.1) is 46.3 Å². The summed E-state index contributed by atoms with van der Waals surface area (Å²) in [7, 11) is 0. The molecule has 5 aliphatic carbocycles. The van der Waals surface area contributed by atoms with Crippen molar-refractivity contribution in [3.05, 3.63) is 11.6 Å². The Hall–Kier alpha value is -0.630. The smallest absolute Gasteiger partial charge is 0.136 e. The first-order valence-electron chi connectivity index (χ1n) is 14.1. The van der Waals surface area contributed by atoms with Crippen molar-refractivity contribution < 1.29 is 9.90 Å². The van der Waals surface area contributed by atoms with Gasteiger partial charge in [-0.05, 0) is 98.2 Å². The lowest BCUT2D eigenvalue weighted by atomic mass is 9.46. The normalized spacial score (nSPS) is 47.3. The number of carbonyl (C=O) groups is 1. The van der Waals surface area contributed by atoms with E-state index in [1.54, 1.807) is 5.57 Å². The molecule has 5 aliphatic rings. The lowest BCUT2D eigenvalue weighted by Crippen LogP contribution is -2.52. The zero-order valence-corrected chi connectivity index (χ0v) is 21.3. The van der Waals surface area contributed by atoms with Gasteiger partial charge in [-0.2, -0.15) is 0 Å². The Kier molecular flexibility index (Phi) is 5.96. The third kappa shape index (κ3) is 3.57. The number of rotatable bonds is 5. The Bertz CT molecular complexity index is 763. The predicted octanol–water partition coefficient (Wildman–Crippen LogP) is 7.49. The Labute approximate surface area is 197 Å². The lowest BCUT2D eigenvalue weighted by Gasteiger charge is -2.59. The Morgan fingerprint density at radius 2 is 1.81 bits per heavy atom. The molecule has 6 unspecified atom stereocenters. The van der Waals surface area contributed by atoms with E-state index in [2.05, 4.69) is 33.8 Å². The van der Waals surface area contributed by atoms with Gasteiger partial charge >= 0.3 is 0 Å². The van der Waals surface area contributed by atoms with Crippen molar-refractivity contribution in [2.75, 3.05) is 0 Å². The van der Waals surface area contributed by atoms with Crippen molar-refractivity contribution in [1.82, 2.24) is 0 Å². The van der Waals surface area contributed by atoms with Gasteiger partial charge in [-0.1, -0.05) is 65.0 Å². The zero-order chi connectivity index (χ0) is 22.7. The number of carbonyl (C=O) groups excluding carboxylic acids is 1. The maximum atomic E-state index is 13.3. The van der Waals surface area contributed by atoms with E-state index in [0.717, 1.165) is 49.9 Å². The first-order valence-corrected chi connectivity index (χ1v) is 14.1. The molecule has 180 valence electrons. The highest BCUT2D eigenvalue weighted by Gasteiger charge is 2.60. The number of hydrogen-bond donors (Lipinski definition) is 1. The van der Waals surface area contributed by atoms with Crippen LogP contribution in [0.3, 0.4) is 0 Å². The molecule has 0 aliphatic heterocycles. The summed E-state index contributed by atoms with van der Waals surface area (Å²) < 4.78 is 0. The average molecular weight is 441 g/mol. The van der Waals surface area contributed by atoms with E-state index >= 15 is 0 Å². The van der Waals surface area contributed by atoms with Crippen LogP contribution in [0.2, 0.25) is 0 Å². The Morgan fingerprint density at radius 3 is 2.53 bits per heavy atom. The molecule has 0 aromatic rings. The van der Waals surface area contributed by atoms with E-state index in [0.29, 0.717) is 28.4 Å². The molecule has 5 rings (SSSR count). The number of hydrogen-bond acceptors (Lipinski definition) is 2. The van der Waals surface area contributed by atoms with Crippen molar-refractivity contribution in [3.63, 3.8) is 0 Å². The molecule has 0 aromatic heterocycles. The molecule has 0 amide bonds. The van der Waals surface area contributed by atoms with Gasteiger partial charge < -0.3 is 5.11 Å². The van der Waals surface area contributed by atoms with Gasteiger partial charge in [0.1, 0.15) is 5.78 Å². The second kappa shape index (κ2) is 8.24. The molecule has 0 spiro atoms. The zero-order valence-electron chi connectivity index (χ0n) is 21.3. The molecule has 4 fully saturated rings. The van der Waals surface area contributed by atoms with E-state index in [1.165, 1.54) is 57.8 Å². The standard InChI is InChI=1S/C30H48O2/c1-5-30(32)17-16-28(3)22(19-30)10-11-23-25-13-12-24(29(25,4)15-14-26(23)28)20(2)27(31)18-21-8-6-7-9-21/h10,20-21,23-26,32H,5-9,11-19H2,1-4H3/t20-,23?,24?,25?,26?,28?,29?,30-/m0/s1. The van der Waals surface area contributed by atoms with Gasteiger partial charge in [0.05, 0.1) is 5.60 Å². The molecule has 2 nitrogen and oxygen atoms in total. The average Bonchev–Trinajstić information content (AvgIpc) is 3.41. The minimum absolute atomic E-state index is 0.252. The maximum Gasteiger partial charge on any atom is 0.136 e. The molecule has 0 aromatic carbocycles. The predicted molar refractivity (Wildman–Crippen MR) is 131 cm³/mol. The van der Waals surface area contributed by atoms with E-state index < -0.39 is 5.60 Å². The van der Waals surface area contributed by atoms with Crippen LogP contribution in [0.25, 0.3) is 0 Å². The second-order valence-corrected chi connectivity index (χ2v) is 13.4. The van der Waals surface area contributed by atoms with Gasteiger partial charge in [0.25, 0.3) is 0 Å². The van der Waals surface area contributed by atoms with Crippen LogP contribution >= 0.6 is 0 Å². The van der Waals surface area contributed by atoms with Gasteiger partial charge in [-0.25, -0.2) is 0 Å². The summed E-state index contributed by atoms with van der Waals surface area (Å²) in [6.45, 7) is 9.54. The first-order chi connectivity index (χ1) is 15.2. The van der Waals surface area contributed by atoms with E-state index in [1.807, 2.05) is 0 Å². The quantitative estimate of drug-likeness (QED) is 0.450. The SMILES string of the molecule is CC[C@]1(O)CCC2(C)C(=CCC3C2CCC2(C)C3CCC2[C@H](C)C(=O)CC2CCCC2)C1. The maximum absolute atomic E-state index is 13.3. The van der Waals surface area contributed by atoms with Gasteiger partial charge in [0, 0.05) is 12.3 Å². The van der Waals surface area contributed by atoms with Gasteiger partial charge in [0.2, 0.25) is 0 Å². The fourth-order valence-corrected chi connectivity index (χ4v) is 9.79. The molecular weight excluding hydrogens is 392 g/mol. The number of Topliss-reactive ketones (excluding diaryl/α,β-unsaturated/α-hetero) is 1. The summed E-state index contributed by atoms with van der Waals surface area (Å²) in [6, 6.07) is 0. The Balaban J connectivity index is 1.33. The van der Waals surface area contributed by atoms with Gasteiger partial charge in [0.15, 0.2) is 0 Å². The summed E-state index contributed by atoms with van der Waals surface area (Å²) in [5.41, 5.74) is 1.77. The van der Waals surface area contributed by atoms with Crippen LogP contribution < -0.4 is 0 Å². The van der Waals surface area contributed by atoms with E-state index in [4.69, 9.17) is 0 Å². The van der Waals surface area contributed by atoms with Crippen molar-refractivity contribution in [2.45, 2.75) is 123 Å².